The molecule has 0 aliphatic carbocycles. The molecule has 3 N–H and O–H groups in total. The first-order chi connectivity index (χ1) is 9.10. The van der Waals surface area contributed by atoms with Gasteiger partial charge < -0.3 is 10.4 Å². The first-order valence-corrected chi connectivity index (χ1v) is 6.01. The van der Waals surface area contributed by atoms with Gasteiger partial charge in [-0.3, -0.25) is 9.89 Å². The molecule has 0 saturated heterocycles. The van der Waals surface area contributed by atoms with Crippen LogP contribution in [0.25, 0.3) is 11.4 Å². The Hall–Kier alpha value is -2.21. The monoisotopic (exact) mass is 260 g/mol. The molecule has 1 heterocycles. The van der Waals surface area contributed by atoms with Crippen LogP contribution in [0.5, 0.6) is 0 Å². The maximum Gasteiger partial charge on any atom is 0.251 e. The number of hydrogen-bond acceptors (Lipinski definition) is 4. The molecular formula is C13H16N4O2. The van der Waals surface area contributed by atoms with Gasteiger partial charge in [-0.2, -0.15) is 5.10 Å². The maximum absolute atomic E-state index is 11.8. The normalized spacial score (nSPS) is 12.2. The van der Waals surface area contributed by atoms with E-state index in [1.54, 1.807) is 31.2 Å². The van der Waals surface area contributed by atoms with Gasteiger partial charge in [0.15, 0.2) is 5.82 Å². The summed E-state index contributed by atoms with van der Waals surface area (Å²) in [6.07, 6.45) is 0. The third-order valence-corrected chi connectivity index (χ3v) is 2.65. The molecule has 0 aliphatic rings. The number of rotatable bonds is 4. The van der Waals surface area contributed by atoms with E-state index in [1.807, 2.05) is 6.92 Å². The van der Waals surface area contributed by atoms with E-state index in [-0.39, 0.29) is 18.6 Å². The lowest BCUT2D eigenvalue weighted by atomic mass is 10.1. The topological polar surface area (TPSA) is 90.9 Å². The van der Waals surface area contributed by atoms with Gasteiger partial charge in [0.2, 0.25) is 0 Å². The number of nitrogens with zero attached hydrogens (tertiary/aromatic N) is 2. The Balaban J connectivity index is 2.12. The van der Waals surface area contributed by atoms with Gasteiger partial charge >= 0.3 is 0 Å². The molecule has 19 heavy (non-hydrogen) atoms. The highest BCUT2D eigenvalue weighted by molar-refractivity contribution is 5.94. The van der Waals surface area contributed by atoms with E-state index in [1.165, 1.54) is 0 Å². The second-order valence-corrected chi connectivity index (χ2v) is 4.38. The van der Waals surface area contributed by atoms with Crippen molar-refractivity contribution in [1.82, 2.24) is 20.5 Å². The van der Waals surface area contributed by atoms with E-state index >= 15 is 0 Å². The van der Waals surface area contributed by atoms with Crippen molar-refractivity contribution in [2.24, 2.45) is 0 Å². The van der Waals surface area contributed by atoms with E-state index in [0.717, 1.165) is 11.4 Å². The standard InChI is InChI=1S/C13H16N4O2/c1-8(7-18)14-13(19)11-5-3-10(4-6-11)12-15-9(2)16-17-12/h3-6,8,18H,7H2,1-2H3,(H,14,19)(H,15,16,17). The molecule has 1 atom stereocenters. The van der Waals surface area contributed by atoms with Crippen LogP contribution in [0.1, 0.15) is 23.1 Å². The molecule has 1 aromatic carbocycles. The summed E-state index contributed by atoms with van der Waals surface area (Å²) in [6.45, 7) is 3.48. The van der Waals surface area contributed by atoms with Crippen molar-refractivity contribution in [3.05, 3.63) is 35.7 Å². The number of aryl methyl sites for hydroxylation is 1. The van der Waals surface area contributed by atoms with E-state index in [2.05, 4.69) is 20.5 Å². The van der Waals surface area contributed by atoms with Gasteiger partial charge in [0.25, 0.3) is 5.91 Å². The number of carbonyl (C=O) groups excluding carboxylic acids is 1. The number of H-pyrrole nitrogens is 1. The molecule has 1 unspecified atom stereocenters. The zero-order chi connectivity index (χ0) is 13.8. The van der Waals surface area contributed by atoms with Crippen molar-refractivity contribution in [3.8, 4) is 11.4 Å². The molecule has 0 radical (unpaired) electrons. The van der Waals surface area contributed by atoms with E-state index in [9.17, 15) is 4.79 Å². The predicted octanol–water partition coefficient (Wildman–Crippen LogP) is 0.891. The molecule has 1 amide bonds. The lowest BCUT2D eigenvalue weighted by Gasteiger charge is -2.10. The average molecular weight is 260 g/mol. The fourth-order valence-electron chi connectivity index (χ4n) is 1.60. The Labute approximate surface area is 110 Å². The Morgan fingerprint density at radius 1 is 1.42 bits per heavy atom. The number of aliphatic hydroxyl groups excluding tert-OH is 1. The van der Waals surface area contributed by atoms with Gasteiger partial charge in [0, 0.05) is 17.2 Å². The Morgan fingerprint density at radius 3 is 2.63 bits per heavy atom. The summed E-state index contributed by atoms with van der Waals surface area (Å²) in [4.78, 5) is 16.0. The lowest BCUT2D eigenvalue weighted by Crippen LogP contribution is -2.34. The first-order valence-electron chi connectivity index (χ1n) is 6.01. The molecule has 0 bridgehead atoms. The van der Waals surface area contributed by atoms with Crippen LogP contribution in [0, 0.1) is 6.92 Å². The Bertz CT molecular complexity index is 562. The molecule has 0 spiro atoms. The summed E-state index contributed by atoms with van der Waals surface area (Å²) in [6, 6.07) is 6.74. The van der Waals surface area contributed by atoms with Crippen LogP contribution in [0.3, 0.4) is 0 Å². The SMILES string of the molecule is Cc1nc(-c2ccc(C(=O)NC(C)CO)cc2)n[nH]1. The summed E-state index contributed by atoms with van der Waals surface area (Å²) >= 11 is 0. The van der Waals surface area contributed by atoms with E-state index < -0.39 is 0 Å². The minimum atomic E-state index is -0.261. The van der Waals surface area contributed by atoms with Crippen molar-refractivity contribution in [2.75, 3.05) is 6.61 Å². The summed E-state index contributed by atoms with van der Waals surface area (Å²) in [5.74, 6) is 1.14. The van der Waals surface area contributed by atoms with Crippen LogP contribution in [0.4, 0.5) is 0 Å². The van der Waals surface area contributed by atoms with Crippen LogP contribution in [-0.2, 0) is 0 Å². The molecule has 6 heteroatoms. The van der Waals surface area contributed by atoms with Crippen molar-refractivity contribution < 1.29 is 9.90 Å². The second kappa shape index (κ2) is 5.62. The fourth-order valence-corrected chi connectivity index (χ4v) is 1.60. The zero-order valence-electron chi connectivity index (χ0n) is 10.8. The molecule has 6 nitrogen and oxygen atoms in total. The second-order valence-electron chi connectivity index (χ2n) is 4.38. The summed E-state index contributed by atoms with van der Waals surface area (Å²) in [7, 11) is 0. The number of aliphatic hydroxyl groups is 1. The average Bonchev–Trinajstić information content (AvgIpc) is 2.85. The van der Waals surface area contributed by atoms with Gasteiger partial charge in [-0.25, -0.2) is 4.98 Å². The van der Waals surface area contributed by atoms with Crippen LogP contribution >= 0.6 is 0 Å². The third kappa shape index (κ3) is 3.17. The molecule has 0 saturated carbocycles. The van der Waals surface area contributed by atoms with Gasteiger partial charge in [0.1, 0.15) is 5.82 Å². The lowest BCUT2D eigenvalue weighted by molar-refractivity contribution is 0.0922. The predicted molar refractivity (Wildman–Crippen MR) is 70.6 cm³/mol. The minimum absolute atomic E-state index is 0.0830. The molecule has 0 aliphatic heterocycles. The molecular weight excluding hydrogens is 244 g/mol. The molecule has 0 fully saturated rings. The summed E-state index contributed by atoms with van der Waals surface area (Å²) < 4.78 is 0. The fraction of sp³-hybridized carbons (Fsp3) is 0.308. The third-order valence-electron chi connectivity index (χ3n) is 2.65. The van der Waals surface area contributed by atoms with E-state index in [0.29, 0.717) is 11.4 Å². The van der Waals surface area contributed by atoms with Crippen molar-refractivity contribution >= 4 is 5.91 Å². The summed E-state index contributed by atoms with van der Waals surface area (Å²) in [5.41, 5.74) is 1.38. The minimum Gasteiger partial charge on any atom is -0.394 e. The number of benzene rings is 1. The smallest absolute Gasteiger partial charge is 0.251 e. The van der Waals surface area contributed by atoms with Crippen LogP contribution < -0.4 is 5.32 Å². The summed E-state index contributed by atoms with van der Waals surface area (Å²) in [5, 5.41) is 18.4. The molecule has 2 rings (SSSR count). The highest BCUT2D eigenvalue weighted by Gasteiger charge is 2.10. The highest BCUT2D eigenvalue weighted by atomic mass is 16.3. The zero-order valence-corrected chi connectivity index (χ0v) is 10.8. The highest BCUT2D eigenvalue weighted by Crippen LogP contribution is 2.15. The number of carbonyl (C=O) groups is 1. The number of amides is 1. The van der Waals surface area contributed by atoms with Crippen LogP contribution in [0.15, 0.2) is 24.3 Å². The molecule has 2 aromatic rings. The maximum atomic E-state index is 11.8. The Morgan fingerprint density at radius 2 is 2.11 bits per heavy atom. The quantitative estimate of drug-likeness (QED) is 0.761. The van der Waals surface area contributed by atoms with Gasteiger partial charge in [0.05, 0.1) is 6.61 Å². The van der Waals surface area contributed by atoms with Gasteiger partial charge in [-0.05, 0) is 26.0 Å². The largest absolute Gasteiger partial charge is 0.394 e. The Kier molecular flexibility index (Phi) is 3.91. The van der Waals surface area contributed by atoms with Gasteiger partial charge in [-0.15, -0.1) is 0 Å². The van der Waals surface area contributed by atoms with E-state index in [4.69, 9.17) is 5.11 Å². The van der Waals surface area contributed by atoms with Crippen molar-refractivity contribution in [1.29, 1.82) is 0 Å². The van der Waals surface area contributed by atoms with Crippen LogP contribution in [0.2, 0.25) is 0 Å². The molecule has 100 valence electrons. The number of hydrogen-bond donors (Lipinski definition) is 3. The number of aromatic nitrogens is 3. The van der Waals surface area contributed by atoms with Crippen molar-refractivity contribution in [2.45, 2.75) is 19.9 Å². The molecule has 1 aromatic heterocycles. The number of aromatic amines is 1. The first kappa shape index (κ1) is 13.2. The van der Waals surface area contributed by atoms with Gasteiger partial charge in [-0.1, -0.05) is 12.1 Å². The number of nitrogens with one attached hydrogen (secondary N) is 2. The van der Waals surface area contributed by atoms with Crippen LogP contribution in [-0.4, -0.2) is 38.8 Å². The van der Waals surface area contributed by atoms with Crippen molar-refractivity contribution in [3.63, 3.8) is 0 Å².